The molecule has 1 rings (SSSR count). The van der Waals surface area contributed by atoms with Crippen LogP contribution < -0.4 is 0 Å². The van der Waals surface area contributed by atoms with Gasteiger partial charge in [0, 0.05) is 19.1 Å². The fraction of sp³-hybridized carbons (Fsp3) is 1.00. The lowest BCUT2D eigenvalue weighted by Crippen LogP contribution is -2.42. The van der Waals surface area contributed by atoms with Crippen molar-refractivity contribution in [3.63, 3.8) is 0 Å². The maximum absolute atomic E-state index is 10.2. The molecule has 1 heterocycles. The van der Waals surface area contributed by atoms with Gasteiger partial charge in [-0.1, -0.05) is 13.8 Å². The molecule has 0 aromatic carbocycles. The van der Waals surface area contributed by atoms with Gasteiger partial charge in [-0.2, -0.15) is 0 Å². The largest absolute Gasteiger partial charge is 0.390 e. The molecule has 1 N–H and O–H groups in total. The molecule has 0 radical (unpaired) electrons. The minimum absolute atomic E-state index is 0.0540. The monoisotopic (exact) mass is 216 g/mol. The molecule has 0 spiro atoms. The van der Waals surface area contributed by atoms with E-state index in [-0.39, 0.29) is 18.1 Å². The van der Waals surface area contributed by atoms with Gasteiger partial charge in [0.25, 0.3) is 0 Å². The van der Waals surface area contributed by atoms with Crippen LogP contribution >= 0.6 is 0 Å². The Balaban J connectivity index is 2.49. The molecular formula is C12H24O3. The van der Waals surface area contributed by atoms with Crippen LogP contribution in [-0.4, -0.2) is 37.1 Å². The van der Waals surface area contributed by atoms with Crippen molar-refractivity contribution in [3.8, 4) is 0 Å². The minimum atomic E-state index is -0.384. The minimum Gasteiger partial charge on any atom is -0.390 e. The summed E-state index contributed by atoms with van der Waals surface area (Å²) in [5.41, 5.74) is 0. The number of hydrogen-bond donors (Lipinski definition) is 1. The van der Waals surface area contributed by atoms with Crippen LogP contribution in [0.2, 0.25) is 0 Å². The van der Waals surface area contributed by atoms with E-state index in [0.717, 1.165) is 19.4 Å². The number of aliphatic hydroxyl groups is 1. The number of rotatable bonds is 5. The second kappa shape index (κ2) is 6.46. The van der Waals surface area contributed by atoms with E-state index in [0.29, 0.717) is 19.1 Å². The van der Waals surface area contributed by atoms with E-state index in [1.165, 1.54) is 0 Å². The molecule has 0 aliphatic carbocycles. The van der Waals surface area contributed by atoms with Crippen molar-refractivity contribution in [2.24, 2.45) is 11.8 Å². The molecule has 0 saturated carbocycles. The second-order valence-electron chi connectivity index (χ2n) is 4.63. The van der Waals surface area contributed by atoms with Crippen molar-refractivity contribution in [2.75, 3.05) is 19.8 Å². The first kappa shape index (κ1) is 12.9. The smallest absolute Gasteiger partial charge is 0.0860 e. The molecule has 1 aliphatic heterocycles. The predicted molar refractivity (Wildman–Crippen MR) is 59.8 cm³/mol. The summed E-state index contributed by atoms with van der Waals surface area (Å²) in [4.78, 5) is 0. The van der Waals surface area contributed by atoms with Crippen molar-refractivity contribution in [2.45, 2.75) is 45.8 Å². The molecule has 0 aromatic rings. The lowest BCUT2D eigenvalue weighted by atomic mass is 9.88. The molecule has 1 saturated heterocycles. The topological polar surface area (TPSA) is 38.7 Å². The summed E-state index contributed by atoms with van der Waals surface area (Å²) in [6, 6.07) is 0. The van der Waals surface area contributed by atoms with Gasteiger partial charge < -0.3 is 14.6 Å². The van der Waals surface area contributed by atoms with Crippen molar-refractivity contribution < 1.29 is 14.6 Å². The highest BCUT2D eigenvalue weighted by molar-refractivity contribution is 4.80. The first-order valence-electron chi connectivity index (χ1n) is 6.04. The van der Waals surface area contributed by atoms with Crippen molar-refractivity contribution >= 4 is 0 Å². The lowest BCUT2D eigenvalue weighted by molar-refractivity contribution is -0.105. The molecule has 3 atom stereocenters. The van der Waals surface area contributed by atoms with Gasteiger partial charge in [0.05, 0.1) is 18.8 Å². The molecule has 3 heteroatoms. The Morgan fingerprint density at radius 2 is 2.20 bits per heavy atom. The molecule has 0 bridgehead atoms. The van der Waals surface area contributed by atoms with E-state index in [2.05, 4.69) is 13.8 Å². The highest BCUT2D eigenvalue weighted by Crippen LogP contribution is 2.24. The van der Waals surface area contributed by atoms with E-state index in [9.17, 15) is 5.11 Å². The van der Waals surface area contributed by atoms with Gasteiger partial charge >= 0.3 is 0 Å². The van der Waals surface area contributed by atoms with Crippen molar-refractivity contribution in [3.05, 3.63) is 0 Å². The number of ether oxygens (including phenoxy) is 2. The fourth-order valence-electron chi connectivity index (χ4n) is 2.18. The lowest BCUT2D eigenvalue weighted by Gasteiger charge is -2.33. The summed E-state index contributed by atoms with van der Waals surface area (Å²) < 4.78 is 11.0. The van der Waals surface area contributed by atoms with E-state index in [1.54, 1.807) is 0 Å². The first-order chi connectivity index (χ1) is 7.16. The van der Waals surface area contributed by atoms with E-state index in [4.69, 9.17) is 9.47 Å². The van der Waals surface area contributed by atoms with Gasteiger partial charge in [-0.3, -0.25) is 0 Å². The van der Waals surface area contributed by atoms with Crippen molar-refractivity contribution in [1.29, 1.82) is 0 Å². The number of hydrogen-bond acceptors (Lipinski definition) is 3. The molecular weight excluding hydrogens is 192 g/mol. The van der Waals surface area contributed by atoms with Gasteiger partial charge in [0.15, 0.2) is 0 Å². The molecule has 0 amide bonds. The van der Waals surface area contributed by atoms with Crippen LogP contribution in [0.5, 0.6) is 0 Å². The van der Waals surface area contributed by atoms with Crippen LogP contribution in [0.1, 0.15) is 33.6 Å². The van der Waals surface area contributed by atoms with Gasteiger partial charge in [-0.25, -0.2) is 0 Å². The zero-order valence-electron chi connectivity index (χ0n) is 10.1. The van der Waals surface area contributed by atoms with E-state index in [1.807, 2.05) is 6.92 Å². The Bertz CT molecular complexity index is 164. The third kappa shape index (κ3) is 3.74. The van der Waals surface area contributed by atoms with Gasteiger partial charge in [-0.05, 0) is 25.7 Å². The predicted octanol–water partition coefficient (Wildman–Crippen LogP) is 1.83. The summed E-state index contributed by atoms with van der Waals surface area (Å²) in [7, 11) is 0. The van der Waals surface area contributed by atoms with Crippen molar-refractivity contribution in [1.82, 2.24) is 0 Å². The highest BCUT2D eigenvalue weighted by Gasteiger charge is 2.31. The Kier molecular flexibility index (Phi) is 5.58. The van der Waals surface area contributed by atoms with Crippen LogP contribution in [0, 0.1) is 11.8 Å². The van der Waals surface area contributed by atoms with Gasteiger partial charge in [-0.15, -0.1) is 0 Å². The van der Waals surface area contributed by atoms with Gasteiger partial charge in [0.2, 0.25) is 0 Å². The third-order valence-corrected chi connectivity index (χ3v) is 3.03. The maximum Gasteiger partial charge on any atom is 0.0860 e. The normalized spacial score (nSPS) is 26.6. The fourth-order valence-corrected chi connectivity index (χ4v) is 2.18. The Morgan fingerprint density at radius 3 is 2.67 bits per heavy atom. The Morgan fingerprint density at radius 1 is 1.47 bits per heavy atom. The quantitative estimate of drug-likeness (QED) is 0.762. The van der Waals surface area contributed by atoms with Crippen LogP contribution in [0.15, 0.2) is 0 Å². The molecule has 1 fully saturated rings. The molecule has 3 nitrogen and oxygen atoms in total. The van der Waals surface area contributed by atoms with Crippen LogP contribution in [-0.2, 0) is 9.47 Å². The zero-order valence-corrected chi connectivity index (χ0v) is 10.1. The summed E-state index contributed by atoms with van der Waals surface area (Å²) in [5, 5.41) is 10.2. The van der Waals surface area contributed by atoms with Gasteiger partial charge in [0.1, 0.15) is 0 Å². The average Bonchev–Trinajstić information content (AvgIpc) is 2.26. The molecule has 0 aromatic heterocycles. The number of aliphatic hydroxyl groups excluding tert-OH is 1. The molecule has 15 heavy (non-hydrogen) atoms. The molecule has 3 unspecified atom stereocenters. The summed E-state index contributed by atoms with van der Waals surface area (Å²) >= 11 is 0. The summed E-state index contributed by atoms with van der Waals surface area (Å²) in [6.45, 7) is 8.33. The van der Waals surface area contributed by atoms with Crippen LogP contribution in [0.4, 0.5) is 0 Å². The summed E-state index contributed by atoms with van der Waals surface area (Å²) in [6.07, 6.45) is 1.67. The standard InChI is InChI=1S/C12H24O3/c1-4-15-12(9(2)3)11(13)10-6-5-7-14-8-10/h9-13H,4-8H2,1-3H3. The Labute approximate surface area is 92.8 Å². The zero-order chi connectivity index (χ0) is 11.3. The summed E-state index contributed by atoms with van der Waals surface area (Å²) in [5.74, 6) is 0.597. The average molecular weight is 216 g/mol. The van der Waals surface area contributed by atoms with Crippen LogP contribution in [0.3, 0.4) is 0 Å². The third-order valence-electron chi connectivity index (χ3n) is 3.03. The first-order valence-corrected chi connectivity index (χ1v) is 6.04. The second-order valence-corrected chi connectivity index (χ2v) is 4.63. The van der Waals surface area contributed by atoms with E-state index < -0.39 is 0 Å². The molecule has 90 valence electrons. The Hall–Kier alpha value is -0.120. The van der Waals surface area contributed by atoms with E-state index >= 15 is 0 Å². The maximum atomic E-state index is 10.2. The highest BCUT2D eigenvalue weighted by atomic mass is 16.5. The SMILES string of the molecule is CCOC(C(C)C)C(O)C1CCCOC1. The van der Waals surface area contributed by atoms with Crippen LogP contribution in [0.25, 0.3) is 0 Å². The molecule has 1 aliphatic rings.